The molecule has 2 rings (SSSR count). The Bertz CT molecular complexity index is 398. The molecular weight excluding hydrogens is 226 g/mol. The van der Waals surface area contributed by atoms with Gasteiger partial charge in [-0.25, -0.2) is 0 Å². The number of benzene rings is 1. The van der Waals surface area contributed by atoms with Crippen LogP contribution in [0.1, 0.15) is 31.7 Å². The van der Waals surface area contributed by atoms with E-state index in [9.17, 15) is 9.90 Å². The molecule has 1 saturated heterocycles. The second-order valence-electron chi connectivity index (χ2n) is 5.12. The van der Waals surface area contributed by atoms with Gasteiger partial charge >= 0.3 is 0 Å². The first kappa shape index (κ1) is 13.2. The molecule has 0 bridgehead atoms. The molecule has 98 valence electrons. The standard InChI is InChI=1S/C15H21NO2/c1-13(17)15(18,14-8-4-2-5-9-14)12-16-10-6-3-7-11-16/h2,4-5,8-9,18H,3,6-7,10-12H2,1H3. The van der Waals surface area contributed by atoms with Gasteiger partial charge in [-0.05, 0) is 38.4 Å². The normalized spacial score (nSPS) is 20.3. The Labute approximate surface area is 108 Å². The summed E-state index contributed by atoms with van der Waals surface area (Å²) in [6.07, 6.45) is 3.56. The van der Waals surface area contributed by atoms with E-state index >= 15 is 0 Å². The van der Waals surface area contributed by atoms with Crippen LogP contribution >= 0.6 is 0 Å². The van der Waals surface area contributed by atoms with E-state index in [1.807, 2.05) is 30.3 Å². The van der Waals surface area contributed by atoms with E-state index in [2.05, 4.69) is 4.90 Å². The Balaban J connectivity index is 2.19. The van der Waals surface area contributed by atoms with Crippen LogP contribution in [0.4, 0.5) is 0 Å². The predicted octanol–water partition coefficient (Wildman–Crippen LogP) is 1.95. The van der Waals surface area contributed by atoms with Gasteiger partial charge in [0, 0.05) is 6.54 Å². The van der Waals surface area contributed by atoms with Crippen LogP contribution in [-0.2, 0) is 10.4 Å². The number of likely N-dealkylation sites (tertiary alicyclic amines) is 1. The lowest BCUT2D eigenvalue weighted by molar-refractivity contribution is -0.138. The maximum atomic E-state index is 11.9. The number of aliphatic hydroxyl groups is 1. The predicted molar refractivity (Wildman–Crippen MR) is 71.3 cm³/mol. The van der Waals surface area contributed by atoms with E-state index in [0.29, 0.717) is 12.1 Å². The van der Waals surface area contributed by atoms with Crippen molar-refractivity contribution in [3.05, 3.63) is 35.9 Å². The van der Waals surface area contributed by atoms with Crippen LogP contribution in [0.2, 0.25) is 0 Å². The molecule has 0 amide bonds. The summed E-state index contributed by atoms with van der Waals surface area (Å²) in [4.78, 5) is 14.1. The van der Waals surface area contributed by atoms with E-state index in [-0.39, 0.29) is 5.78 Å². The third kappa shape index (κ3) is 2.79. The lowest BCUT2D eigenvalue weighted by atomic mass is 9.89. The highest BCUT2D eigenvalue weighted by molar-refractivity contribution is 5.86. The molecule has 1 atom stereocenters. The van der Waals surface area contributed by atoms with E-state index < -0.39 is 5.60 Å². The Morgan fingerprint density at radius 3 is 2.39 bits per heavy atom. The topological polar surface area (TPSA) is 40.5 Å². The van der Waals surface area contributed by atoms with Crippen LogP contribution in [0.3, 0.4) is 0 Å². The first-order valence-corrected chi connectivity index (χ1v) is 6.64. The van der Waals surface area contributed by atoms with Gasteiger partial charge in [0.15, 0.2) is 11.4 Å². The molecule has 0 aliphatic carbocycles. The molecule has 1 fully saturated rings. The van der Waals surface area contributed by atoms with E-state index in [0.717, 1.165) is 25.9 Å². The third-order valence-corrected chi connectivity index (χ3v) is 3.73. The molecule has 1 heterocycles. The van der Waals surface area contributed by atoms with Crippen molar-refractivity contribution in [1.82, 2.24) is 4.90 Å². The Hall–Kier alpha value is -1.19. The smallest absolute Gasteiger partial charge is 0.167 e. The number of piperidine rings is 1. The summed E-state index contributed by atoms with van der Waals surface area (Å²) in [6, 6.07) is 9.26. The summed E-state index contributed by atoms with van der Waals surface area (Å²) in [6.45, 7) is 3.83. The van der Waals surface area contributed by atoms with Gasteiger partial charge in [0.1, 0.15) is 0 Å². The largest absolute Gasteiger partial charge is 0.376 e. The molecule has 1 aliphatic rings. The summed E-state index contributed by atoms with van der Waals surface area (Å²) < 4.78 is 0. The molecule has 1 aromatic carbocycles. The number of nitrogens with zero attached hydrogens (tertiary/aromatic N) is 1. The second kappa shape index (κ2) is 5.63. The second-order valence-corrected chi connectivity index (χ2v) is 5.12. The molecule has 0 spiro atoms. The molecule has 1 unspecified atom stereocenters. The highest BCUT2D eigenvalue weighted by Crippen LogP contribution is 2.25. The van der Waals surface area contributed by atoms with Gasteiger partial charge in [-0.3, -0.25) is 9.69 Å². The van der Waals surface area contributed by atoms with Crippen molar-refractivity contribution in [3.63, 3.8) is 0 Å². The number of hydrogen-bond donors (Lipinski definition) is 1. The number of ketones is 1. The van der Waals surface area contributed by atoms with Crippen molar-refractivity contribution < 1.29 is 9.90 Å². The molecule has 1 aliphatic heterocycles. The lowest BCUT2D eigenvalue weighted by Gasteiger charge is -2.34. The average molecular weight is 247 g/mol. The van der Waals surface area contributed by atoms with Crippen LogP contribution in [0.15, 0.2) is 30.3 Å². The van der Waals surface area contributed by atoms with Gasteiger partial charge in [-0.2, -0.15) is 0 Å². The summed E-state index contributed by atoms with van der Waals surface area (Å²) in [7, 11) is 0. The number of hydrogen-bond acceptors (Lipinski definition) is 3. The summed E-state index contributed by atoms with van der Waals surface area (Å²) in [5, 5.41) is 10.7. The third-order valence-electron chi connectivity index (χ3n) is 3.73. The van der Waals surface area contributed by atoms with Crippen LogP contribution in [0.25, 0.3) is 0 Å². The molecule has 1 N–H and O–H groups in total. The molecular formula is C15H21NO2. The van der Waals surface area contributed by atoms with Gasteiger partial charge in [-0.15, -0.1) is 0 Å². The fourth-order valence-electron chi connectivity index (χ4n) is 2.56. The number of carbonyl (C=O) groups excluding carboxylic acids is 1. The van der Waals surface area contributed by atoms with Crippen LogP contribution < -0.4 is 0 Å². The van der Waals surface area contributed by atoms with Crippen molar-refractivity contribution in [1.29, 1.82) is 0 Å². The zero-order valence-electron chi connectivity index (χ0n) is 10.9. The Kier molecular flexibility index (Phi) is 4.15. The summed E-state index contributed by atoms with van der Waals surface area (Å²) >= 11 is 0. The summed E-state index contributed by atoms with van der Waals surface area (Å²) in [5.74, 6) is -0.181. The quantitative estimate of drug-likeness (QED) is 0.884. The number of Topliss-reactive ketones (excluding diaryl/α,β-unsaturated/α-hetero) is 1. The number of carbonyl (C=O) groups is 1. The molecule has 3 heteroatoms. The fourth-order valence-corrected chi connectivity index (χ4v) is 2.56. The highest BCUT2D eigenvalue weighted by Gasteiger charge is 2.36. The van der Waals surface area contributed by atoms with Gasteiger partial charge in [0.2, 0.25) is 0 Å². The Morgan fingerprint density at radius 1 is 1.22 bits per heavy atom. The maximum Gasteiger partial charge on any atom is 0.167 e. The van der Waals surface area contributed by atoms with Crippen molar-refractivity contribution in [2.45, 2.75) is 31.8 Å². The zero-order valence-corrected chi connectivity index (χ0v) is 10.9. The van der Waals surface area contributed by atoms with Gasteiger partial charge in [-0.1, -0.05) is 36.8 Å². The van der Waals surface area contributed by atoms with E-state index in [1.54, 1.807) is 0 Å². The van der Waals surface area contributed by atoms with E-state index in [4.69, 9.17) is 0 Å². The summed E-state index contributed by atoms with van der Waals surface area (Å²) in [5.41, 5.74) is -0.665. The van der Waals surface area contributed by atoms with Gasteiger partial charge < -0.3 is 5.11 Å². The number of β-amino-alcohol motifs (C(OH)–C–C–N with tert-alkyl or cyclic N) is 1. The SMILES string of the molecule is CC(=O)C(O)(CN1CCCCC1)c1ccccc1. The zero-order chi connectivity index (χ0) is 13.0. The maximum absolute atomic E-state index is 11.9. The minimum Gasteiger partial charge on any atom is -0.376 e. The molecule has 18 heavy (non-hydrogen) atoms. The van der Waals surface area contributed by atoms with Crippen LogP contribution in [0, 0.1) is 0 Å². The first-order valence-electron chi connectivity index (χ1n) is 6.64. The fraction of sp³-hybridized carbons (Fsp3) is 0.533. The van der Waals surface area contributed by atoms with Crippen LogP contribution in [0.5, 0.6) is 0 Å². The van der Waals surface area contributed by atoms with Crippen molar-refractivity contribution in [3.8, 4) is 0 Å². The van der Waals surface area contributed by atoms with Crippen molar-refractivity contribution in [2.75, 3.05) is 19.6 Å². The Morgan fingerprint density at radius 2 is 1.83 bits per heavy atom. The molecule has 0 aromatic heterocycles. The van der Waals surface area contributed by atoms with Crippen molar-refractivity contribution in [2.24, 2.45) is 0 Å². The van der Waals surface area contributed by atoms with Gasteiger partial charge in [0.05, 0.1) is 0 Å². The minimum absolute atomic E-state index is 0.181. The van der Waals surface area contributed by atoms with Crippen LogP contribution in [-0.4, -0.2) is 35.4 Å². The van der Waals surface area contributed by atoms with Crippen molar-refractivity contribution >= 4 is 5.78 Å². The monoisotopic (exact) mass is 247 g/mol. The molecule has 1 aromatic rings. The molecule has 3 nitrogen and oxygen atoms in total. The molecule has 0 radical (unpaired) electrons. The van der Waals surface area contributed by atoms with Gasteiger partial charge in [0.25, 0.3) is 0 Å². The molecule has 0 saturated carbocycles. The number of rotatable bonds is 4. The highest BCUT2D eigenvalue weighted by atomic mass is 16.3. The van der Waals surface area contributed by atoms with E-state index in [1.165, 1.54) is 13.3 Å². The first-order chi connectivity index (χ1) is 8.63. The average Bonchev–Trinajstić information content (AvgIpc) is 2.40. The lowest BCUT2D eigenvalue weighted by Crippen LogP contribution is -2.47. The minimum atomic E-state index is -1.36.